The molecule has 0 radical (unpaired) electrons. The molecule has 1 aliphatic heterocycles. The average Bonchev–Trinajstić information content (AvgIpc) is 3.37. The number of carbonyl (C=O) groups is 1. The van der Waals surface area contributed by atoms with E-state index in [4.69, 9.17) is 0 Å². The molecule has 1 saturated heterocycles. The molecule has 8 nitrogen and oxygen atoms in total. The first-order valence-corrected chi connectivity index (χ1v) is 10.1. The average molecular weight is 398 g/mol. The summed E-state index contributed by atoms with van der Waals surface area (Å²) in [4.78, 5) is 31.1. The molecule has 4 rings (SSSR count). The highest BCUT2D eigenvalue weighted by Crippen LogP contribution is 2.26. The zero-order valence-corrected chi connectivity index (χ0v) is 16.8. The van der Waals surface area contributed by atoms with E-state index in [1.54, 1.807) is 30.1 Å². The van der Waals surface area contributed by atoms with Crippen LogP contribution in [0.1, 0.15) is 16.1 Å². The predicted octanol–water partition coefficient (Wildman–Crippen LogP) is 2.37. The summed E-state index contributed by atoms with van der Waals surface area (Å²) in [6.45, 7) is 7.52. The van der Waals surface area contributed by atoms with Gasteiger partial charge in [-0.15, -0.1) is 11.3 Å². The molecule has 2 amide bonds. The van der Waals surface area contributed by atoms with Crippen molar-refractivity contribution < 1.29 is 4.79 Å². The summed E-state index contributed by atoms with van der Waals surface area (Å²) < 4.78 is 1.85. The minimum atomic E-state index is -0.0495. The lowest BCUT2D eigenvalue weighted by Crippen LogP contribution is -2.51. The number of anilines is 1. The Bertz CT molecular complexity index is 926. The fourth-order valence-electron chi connectivity index (χ4n) is 3.16. The molecular weight excluding hydrogens is 374 g/mol. The maximum absolute atomic E-state index is 12.6. The Morgan fingerprint density at radius 2 is 2.04 bits per heavy atom. The number of carbonyl (C=O) groups excluding carboxylic acids is 1. The van der Waals surface area contributed by atoms with Gasteiger partial charge in [-0.05, 0) is 19.9 Å². The Morgan fingerprint density at radius 1 is 1.21 bits per heavy atom. The van der Waals surface area contributed by atoms with Crippen LogP contribution in [0, 0.1) is 13.8 Å². The van der Waals surface area contributed by atoms with Crippen LogP contribution in [0.4, 0.5) is 9.93 Å². The van der Waals surface area contributed by atoms with Gasteiger partial charge in [0.1, 0.15) is 12.1 Å². The second kappa shape index (κ2) is 7.97. The number of thiazole rings is 1. The van der Waals surface area contributed by atoms with Crippen molar-refractivity contribution in [2.75, 3.05) is 31.1 Å². The molecule has 0 saturated carbocycles. The maximum Gasteiger partial charge on any atom is 0.317 e. The minimum absolute atomic E-state index is 0.0495. The van der Waals surface area contributed by atoms with Crippen molar-refractivity contribution >= 4 is 22.5 Å². The third-order valence-corrected chi connectivity index (χ3v) is 6.03. The molecule has 1 N–H and O–H groups in total. The van der Waals surface area contributed by atoms with E-state index in [1.165, 1.54) is 4.88 Å². The van der Waals surface area contributed by atoms with Crippen LogP contribution >= 0.6 is 11.3 Å². The molecule has 0 unspecified atom stereocenters. The van der Waals surface area contributed by atoms with Crippen molar-refractivity contribution in [3.8, 4) is 5.82 Å². The van der Waals surface area contributed by atoms with E-state index < -0.39 is 0 Å². The van der Waals surface area contributed by atoms with Crippen LogP contribution in [0.3, 0.4) is 0 Å². The summed E-state index contributed by atoms with van der Waals surface area (Å²) >= 11 is 1.72. The zero-order chi connectivity index (χ0) is 19.5. The van der Waals surface area contributed by atoms with Crippen molar-refractivity contribution in [1.29, 1.82) is 0 Å². The Labute approximate surface area is 167 Å². The lowest BCUT2D eigenvalue weighted by Gasteiger charge is -2.34. The molecule has 28 heavy (non-hydrogen) atoms. The Morgan fingerprint density at radius 3 is 2.71 bits per heavy atom. The number of nitrogens with one attached hydrogen (secondary N) is 1. The first-order chi connectivity index (χ1) is 13.6. The van der Waals surface area contributed by atoms with Gasteiger partial charge >= 0.3 is 6.03 Å². The van der Waals surface area contributed by atoms with Crippen LogP contribution in [-0.2, 0) is 6.54 Å². The van der Waals surface area contributed by atoms with Gasteiger partial charge in [-0.1, -0.05) is 6.07 Å². The Hall–Kier alpha value is -2.94. The number of hydrogen-bond acceptors (Lipinski definition) is 6. The van der Waals surface area contributed by atoms with E-state index in [1.807, 2.05) is 34.7 Å². The van der Waals surface area contributed by atoms with E-state index in [2.05, 4.69) is 32.1 Å². The third kappa shape index (κ3) is 3.84. The third-order valence-electron chi connectivity index (χ3n) is 4.90. The van der Waals surface area contributed by atoms with Gasteiger partial charge in [0.2, 0.25) is 0 Å². The summed E-state index contributed by atoms with van der Waals surface area (Å²) in [5.74, 6) is 0.777. The lowest BCUT2D eigenvalue weighted by molar-refractivity contribution is 0.194. The lowest BCUT2D eigenvalue weighted by atomic mass is 10.2. The number of pyridine rings is 1. The summed E-state index contributed by atoms with van der Waals surface area (Å²) in [7, 11) is 0. The number of aromatic nitrogens is 4. The van der Waals surface area contributed by atoms with Gasteiger partial charge in [0, 0.05) is 61.8 Å². The maximum atomic E-state index is 12.6. The van der Waals surface area contributed by atoms with Crippen molar-refractivity contribution in [2.45, 2.75) is 20.4 Å². The number of imidazole rings is 1. The van der Waals surface area contributed by atoms with Crippen molar-refractivity contribution in [3.05, 3.63) is 53.2 Å². The van der Waals surface area contributed by atoms with Gasteiger partial charge in [0.25, 0.3) is 0 Å². The number of amides is 2. The molecular formula is C19H23N7OS. The van der Waals surface area contributed by atoms with Crippen LogP contribution in [-0.4, -0.2) is 56.6 Å². The normalized spacial score (nSPS) is 14.4. The second-order valence-corrected chi connectivity index (χ2v) is 7.91. The summed E-state index contributed by atoms with van der Waals surface area (Å²) in [6, 6.07) is 3.79. The quantitative estimate of drug-likeness (QED) is 0.731. The first kappa shape index (κ1) is 18.4. The van der Waals surface area contributed by atoms with Gasteiger partial charge in [0.05, 0.1) is 5.69 Å². The molecule has 3 aromatic rings. The van der Waals surface area contributed by atoms with Crippen LogP contribution in [0.25, 0.3) is 5.82 Å². The van der Waals surface area contributed by atoms with Crippen LogP contribution < -0.4 is 10.2 Å². The number of rotatable bonds is 4. The van der Waals surface area contributed by atoms with Gasteiger partial charge in [0.15, 0.2) is 5.13 Å². The summed E-state index contributed by atoms with van der Waals surface area (Å²) in [6.07, 6.45) is 6.99. The molecule has 0 bridgehead atoms. The number of piperazine rings is 1. The Balaban J connectivity index is 1.33. The van der Waals surface area contributed by atoms with Crippen molar-refractivity contribution in [2.24, 2.45) is 0 Å². The fourth-order valence-corrected chi connectivity index (χ4v) is 4.12. The fraction of sp³-hybridized carbons (Fsp3) is 0.368. The summed E-state index contributed by atoms with van der Waals surface area (Å²) in [5, 5.41) is 4.07. The molecule has 1 aliphatic rings. The molecule has 0 aliphatic carbocycles. The molecule has 0 aromatic carbocycles. The smallest absolute Gasteiger partial charge is 0.317 e. The monoisotopic (exact) mass is 397 g/mol. The summed E-state index contributed by atoms with van der Waals surface area (Å²) in [5.41, 5.74) is 2.03. The van der Waals surface area contributed by atoms with Crippen molar-refractivity contribution in [1.82, 2.24) is 29.7 Å². The Kier molecular flexibility index (Phi) is 5.25. The molecule has 146 valence electrons. The number of nitrogens with zero attached hydrogens (tertiary/aromatic N) is 6. The topological polar surface area (TPSA) is 79.2 Å². The highest BCUT2D eigenvalue weighted by atomic mass is 32.1. The molecule has 0 spiro atoms. The number of urea groups is 1. The molecule has 3 aromatic heterocycles. The second-order valence-electron chi connectivity index (χ2n) is 6.73. The first-order valence-electron chi connectivity index (χ1n) is 9.26. The van der Waals surface area contributed by atoms with E-state index in [0.29, 0.717) is 19.6 Å². The standard InChI is InChI=1S/C19H23N7OS/c1-14-15(2)28-19(23-14)25-10-8-24(9-11-25)18(27)22-12-16-4-3-5-21-17(16)26-7-6-20-13-26/h3-7,13H,8-12H2,1-2H3,(H,22,27). The molecule has 4 heterocycles. The van der Waals surface area contributed by atoms with E-state index in [-0.39, 0.29) is 6.03 Å². The molecule has 1 fully saturated rings. The largest absolute Gasteiger partial charge is 0.345 e. The number of hydrogen-bond donors (Lipinski definition) is 1. The van der Waals surface area contributed by atoms with E-state index >= 15 is 0 Å². The van der Waals surface area contributed by atoms with E-state index in [0.717, 1.165) is 35.3 Å². The van der Waals surface area contributed by atoms with E-state index in [9.17, 15) is 4.79 Å². The highest BCUT2D eigenvalue weighted by Gasteiger charge is 2.23. The van der Waals surface area contributed by atoms with Crippen LogP contribution in [0.2, 0.25) is 0 Å². The predicted molar refractivity (Wildman–Crippen MR) is 109 cm³/mol. The van der Waals surface area contributed by atoms with Crippen LogP contribution in [0.15, 0.2) is 37.1 Å². The van der Waals surface area contributed by atoms with Crippen LogP contribution in [0.5, 0.6) is 0 Å². The number of aryl methyl sites for hydroxylation is 2. The van der Waals surface area contributed by atoms with Gasteiger partial charge in [-0.3, -0.25) is 4.57 Å². The molecule has 0 atom stereocenters. The minimum Gasteiger partial charge on any atom is -0.345 e. The van der Waals surface area contributed by atoms with Gasteiger partial charge < -0.3 is 15.1 Å². The van der Waals surface area contributed by atoms with Gasteiger partial charge in [-0.2, -0.15) is 0 Å². The molecule has 9 heteroatoms. The SMILES string of the molecule is Cc1nc(N2CCN(C(=O)NCc3cccnc3-n3ccnc3)CC2)sc1C. The van der Waals surface area contributed by atoms with Crippen molar-refractivity contribution in [3.63, 3.8) is 0 Å². The van der Waals surface area contributed by atoms with Gasteiger partial charge in [-0.25, -0.2) is 19.7 Å². The zero-order valence-electron chi connectivity index (χ0n) is 16.0. The highest BCUT2D eigenvalue weighted by molar-refractivity contribution is 7.15.